The van der Waals surface area contributed by atoms with Crippen LogP contribution in [0.4, 0.5) is 13.2 Å². The molecule has 0 spiro atoms. The molecule has 0 aromatic heterocycles. The Morgan fingerprint density at radius 2 is 2.00 bits per heavy atom. The van der Waals surface area contributed by atoms with Gasteiger partial charge in [0.15, 0.2) is 0 Å². The molecule has 2 aliphatic rings. The van der Waals surface area contributed by atoms with Crippen molar-refractivity contribution in [2.24, 2.45) is 0 Å². The third-order valence-electron chi connectivity index (χ3n) is 3.69. The maximum absolute atomic E-state index is 14.3. The van der Waals surface area contributed by atoms with Gasteiger partial charge in [-0.05, 0) is 24.6 Å². The van der Waals surface area contributed by atoms with E-state index in [4.69, 9.17) is 14.8 Å². The van der Waals surface area contributed by atoms with Crippen LogP contribution in [0, 0.1) is 5.82 Å². The molecule has 20 heavy (non-hydrogen) atoms. The van der Waals surface area contributed by atoms with Gasteiger partial charge in [0.2, 0.25) is 0 Å². The van der Waals surface area contributed by atoms with Crippen molar-refractivity contribution in [3.63, 3.8) is 0 Å². The molecule has 2 N–H and O–H groups in total. The van der Waals surface area contributed by atoms with E-state index in [2.05, 4.69) is 0 Å². The molecule has 0 heterocycles. The zero-order valence-corrected chi connectivity index (χ0v) is 10.2. The topological polar surface area (TPSA) is 49.7 Å². The van der Waals surface area contributed by atoms with Crippen LogP contribution >= 0.6 is 0 Å². The molecule has 0 saturated heterocycles. The van der Waals surface area contributed by atoms with Crippen LogP contribution < -0.4 is 4.74 Å². The van der Waals surface area contributed by atoms with Gasteiger partial charge in [-0.1, -0.05) is 6.07 Å². The summed E-state index contributed by atoms with van der Waals surface area (Å²) in [6, 6.07) is 5.13. The van der Waals surface area contributed by atoms with Crippen molar-refractivity contribution in [2.75, 3.05) is 0 Å². The second kappa shape index (κ2) is 4.13. The van der Waals surface area contributed by atoms with E-state index < -0.39 is 29.7 Å². The van der Waals surface area contributed by atoms with Crippen molar-refractivity contribution in [3.8, 4) is 5.75 Å². The van der Waals surface area contributed by atoms with E-state index in [1.807, 2.05) is 0 Å². The van der Waals surface area contributed by atoms with Gasteiger partial charge in [0.05, 0.1) is 5.31 Å². The highest BCUT2D eigenvalue weighted by molar-refractivity contribution is 6.49. The fourth-order valence-corrected chi connectivity index (χ4v) is 2.50. The van der Waals surface area contributed by atoms with Crippen molar-refractivity contribution < 1.29 is 28.0 Å². The van der Waals surface area contributed by atoms with Gasteiger partial charge >= 0.3 is 7.12 Å². The summed E-state index contributed by atoms with van der Waals surface area (Å²) in [5, 5.41) is 16.4. The number of halogens is 3. The molecular weight excluding hydrogens is 272 g/mol. The molecule has 3 nitrogen and oxygen atoms in total. The molecule has 2 aliphatic carbocycles. The lowest BCUT2D eigenvalue weighted by Crippen LogP contribution is -2.30. The summed E-state index contributed by atoms with van der Waals surface area (Å²) in [6.45, 7) is 0. The van der Waals surface area contributed by atoms with Crippen molar-refractivity contribution >= 4 is 7.12 Å². The molecular formula is C13H10BF3O3. The maximum Gasteiger partial charge on any atom is 0.469 e. The molecule has 7 heteroatoms. The Kier molecular flexibility index (Phi) is 2.74. The molecule has 1 aromatic carbocycles. The number of ether oxygens (including phenoxy) is 1. The van der Waals surface area contributed by atoms with E-state index in [0.29, 0.717) is 0 Å². The summed E-state index contributed by atoms with van der Waals surface area (Å²) in [5.74, 6) is -1.57. The van der Waals surface area contributed by atoms with Gasteiger partial charge < -0.3 is 14.8 Å². The first-order valence-electron chi connectivity index (χ1n) is 5.96. The molecule has 2 atom stereocenters. The summed E-state index contributed by atoms with van der Waals surface area (Å²) in [6.07, 6.45) is 1.51. The average molecular weight is 282 g/mol. The third kappa shape index (κ3) is 1.77. The van der Waals surface area contributed by atoms with Gasteiger partial charge in [-0.3, -0.25) is 0 Å². The quantitative estimate of drug-likeness (QED) is 0.836. The zero-order chi connectivity index (χ0) is 14.5. The molecule has 0 amide bonds. The summed E-state index contributed by atoms with van der Waals surface area (Å²) in [4.78, 5) is 0. The predicted octanol–water partition coefficient (Wildman–Crippen LogP) is 2.28. The fraction of sp³-hybridized carbons (Fsp3) is 0.231. The lowest BCUT2D eigenvalue weighted by atomic mass is 9.64. The van der Waals surface area contributed by atoms with Gasteiger partial charge in [-0.2, -0.15) is 0 Å². The van der Waals surface area contributed by atoms with Gasteiger partial charge in [0.1, 0.15) is 28.8 Å². The summed E-state index contributed by atoms with van der Waals surface area (Å²) < 4.78 is 46.4. The lowest BCUT2D eigenvalue weighted by Gasteiger charge is -2.20. The van der Waals surface area contributed by atoms with Crippen molar-refractivity contribution in [2.45, 2.75) is 17.4 Å². The third-order valence-corrected chi connectivity index (χ3v) is 3.69. The molecule has 1 saturated carbocycles. The van der Waals surface area contributed by atoms with Crippen LogP contribution in [-0.2, 0) is 0 Å². The highest BCUT2D eigenvalue weighted by Crippen LogP contribution is 2.73. The van der Waals surface area contributed by atoms with E-state index in [1.165, 1.54) is 18.2 Å². The van der Waals surface area contributed by atoms with Crippen LogP contribution in [0.15, 0.2) is 48.0 Å². The van der Waals surface area contributed by atoms with Gasteiger partial charge in [0.25, 0.3) is 0 Å². The first-order chi connectivity index (χ1) is 9.37. The second-order valence-corrected chi connectivity index (χ2v) is 4.98. The van der Waals surface area contributed by atoms with Crippen molar-refractivity contribution in [1.29, 1.82) is 0 Å². The van der Waals surface area contributed by atoms with Crippen LogP contribution in [0.5, 0.6) is 5.75 Å². The minimum atomic E-state index is -2.19. The minimum absolute atomic E-state index is 0.0987. The smallest absolute Gasteiger partial charge is 0.457 e. The van der Waals surface area contributed by atoms with Gasteiger partial charge in [0, 0.05) is 12.1 Å². The second-order valence-electron chi connectivity index (χ2n) is 4.98. The van der Waals surface area contributed by atoms with Crippen molar-refractivity contribution in [3.05, 3.63) is 53.8 Å². The zero-order valence-electron chi connectivity index (χ0n) is 10.2. The van der Waals surface area contributed by atoms with Crippen LogP contribution in [0.3, 0.4) is 0 Å². The Labute approximate surface area is 113 Å². The van der Waals surface area contributed by atoms with Gasteiger partial charge in [-0.15, -0.1) is 0 Å². The summed E-state index contributed by atoms with van der Waals surface area (Å²) in [5.41, 5.74) is -2.19. The summed E-state index contributed by atoms with van der Waals surface area (Å²) >= 11 is 0. The predicted molar refractivity (Wildman–Crippen MR) is 65.6 cm³/mol. The number of benzene rings is 1. The van der Waals surface area contributed by atoms with E-state index in [9.17, 15) is 13.2 Å². The normalized spacial score (nSPS) is 31.1. The number of hydrogen-bond donors (Lipinski definition) is 2. The molecule has 1 aromatic rings. The Balaban J connectivity index is 1.88. The fourth-order valence-electron chi connectivity index (χ4n) is 2.50. The number of fused-ring (bicyclic) bond motifs is 1. The molecule has 0 aliphatic heterocycles. The monoisotopic (exact) mass is 282 g/mol. The number of rotatable bonds is 3. The average Bonchev–Trinajstić information content (AvgIpc) is 2.97. The first-order valence-corrected chi connectivity index (χ1v) is 5.96. The number of alkyl halides is 1. The lowest BCUT2D eigenvalue weighted by molar-refractivity contribution is 0.292. The standard InChI is InChI=1S/C13H10BF3O3/c15-8-2-1-3-9(4-8)20-10-5-11(16)13(14(18)19)7-12(13,17)6-10/h1-6,18-19H,7H2. The van der Waals surface area contributed by atoms with Crippen LogP contribution in [0.1, 0.15) is 6.42 Å². The molecule has 1 fully saturated rings. The molecule has 0 radical (unpaired) electrons. The number of allylic oxidation sites excluding steroid dienone is 3. The first kappa shape index (κ1) is 13.3. The summed E-state index contributed by atoms with van der Waals surface area (Å²) in [7, 11) is -2.13. The van der Waals surface area contributed by atoms with E-state index >= 15 is 0 Å². The van der Waals surface area contributed by atoms with Crippen LogP contribution in [-0.4, -0.2) is 22.8 Å². The highest BCUT2D eigenvalue weighted by atomic mass is 19.2. The Bertz CT molecular complexity index is 631. The minimum Gasteiger partial charge on any atom is -0.457 e. The Morgan fingerprint density at radius 3 is 2.60 bits per heavy atom. The van der Waals surface area contributed by atoms with Crippen molar-refractivity contribution in [1.82, 2.24) is 0 Å². The largest absolute Gasteiger partial charge is 0.469 e. The maximum atomic E-state index is 14.3. The SMILES string of the molecule is OB(O)C12CC1(F)C=C(Oc1cccc(F)c1)C=C2F. The molecule has 104 valence electrons. The van der Waals surface area contributed by atoms with E-state index in [-0.39, 0.29) is 17.9 Å². The van der Waals surface area contributed by atoms with Crippen LogP contribution in [0.25, 0.3) is 0 Å². The van der Waals surface area contributed by atoms with Crippen LogP contribution in [0.2, 0.25) is 5.31 Å². The number of hydrogen-bond acceptors (Lipinski definition) is 3. The highest BCUT2D eigenvalue weighted by Gasteiger charge is 2.78. The van der Waals surface area contributed by atoms with E-state index in [1.54, 1.807) is 0 Å². The van der Waals surface area contributed by atoms with E-state index in [0.717, 1.165) is 18.2 Å². The molecule has 2 unspecified atom stereocenters. The molecule has 0 bridgehead atoms. The Hall–Kier alpha value is -1.73. The Morgan fingerprint density at radius 1 is 1.25 bits per heavy atom. The molecule has 3 rings (SSSR count). The van der Waals surface area contributed by atoms with Gasteiger partial charge in [-0.25, -0.2) is 13.2 Å².